The molecule has 0 spiro atoms. The number of H-pyrrole nitrogens is 1. The highest BCUT2D eigenvalue weighted by atomic mass is 35.5. The summed E-state index contributed by atoms with van der Waals surface area (Å²) in [6.07, 6.45) is 2.22. The minimum Gasteiger partial charge on any atom is -0.496 e. The lowest BCUT2D eigenvalue weighted by atomic mass is 10.1. The van der Waals surface area contributed by atoms with Gasteiger partial charge in [-0.15, -0.1) is 0 Å². The summed E-state index contributed by atoms with van der Waals surface area (Å²) in [5.74, 6) is 1.21. The van der Waals surface area contributed by atoms with Crippen LogP contribution < -0.4 is 4.74 Å². The molecule has 0 unspecified atom stereocenters. The summed E-state index contributed by atoms with van der Waals surface area (Å²) in [6, 6.07) is 9.01. The smallest absolute Gasteiger partial charge is 0.341 e. The van der Waals surface area contributed by atoms with E-state index in [1.54, 1.807) is 29.1 Å². The van der Waals surface area contributed by atoms with E-state index in [9.17, 15) is 4.79 Å². The average Bonchev–Trinajstić information content (AvgIpc) is 3.36. The summed E-state index contributed by atoms with van der Waals surface area (Å²) in [6.45, 7) is 0. The Labute approximate surface area is 171 Å². The molecule has 0 aliphatic carbocycles. The van der Waals surface area contributed by atoms with Crippen LogP contribution in [0.5, 0.6) is 5.75 Å². The van der Waals surface area contributed by atoms with Crippen molar-refractivity contribution in [2.75, 3.05) is 14.2 Å². The molecule has 1 N–H and O–H groups in total. The van der Waals surface area contributed by atoms with E-state index in [0.717, 1.165) is 27.9 Å². The van der Waals surface area contributed by atoms with Crippen molar-refractivity contribution in [3.05, 3.63) is 58.5 Å². The van der Waals surface area contributed by atoms with Crippen LogP contribution in [-0.4, -0.2) is 45.2 Å². The second kappa shape index (κ2) is 7.56. The summed E-state index contributed by atoms with van der Waals surface area (Å²) in [4.78, 5) is 16.5. The fourth-order valence-corrected chi connectivity index (χ4v) is 3.42. The molecule has 0 atom stereocenters. The Morgan fingerprint density at radius 1 is 1.24 bits per heavy atom. The largest absolute Gasteiger partial charge is 0.496 e. The van der Waals surface area contributed by atoms with Gasteiger partial charge < -0.3 is 9.47 Å². The van der Waals surface area contributed by atoms with Gasteiger partial charge in [0.25, 0.3) is 0 Å². The SMILES string of the molecule is COC(=O)c1ccc(-c2nc(Cc3ccc4[nH]ncc4c3Cl)n(C)n2)cc1OC. The first-order valence-corrected chi connectivity index (χ1v) is 9.16. The second-order valence-corrected chi connectivity index (χ2v) is 6.81. The van der Waals surface area contributed by atoms with Crippen LogP contribution in [0.3, 0.4) is 0 Å². The highest BCUT2D eigenvalue weighted by molar-refractivity contribution is 6.36. The molecule has 0 saturated carbocycles. The maximum absolute atomic E-state index is 11.9. The van der Waals surface area contributed by atoms with E-state index in [0.29, 0.717) is 28.6 Å². The number of aryl methyl sites for hydroxylation is 1. The van der Waals surface area contributed by atoms with Crippen molar-refractivity contribution >= 4 is 28.5 Å². The third-order valence-corrected chi connectivity index (χ3v) is 5.15. The molecule has 0 saturated heterocycles. The number of hydrogen-bond acceptors (Lipinski definition) is 6. The molecule has 0 amide bonds. The zero-order valence-electron chi connectivity index (χ0n) is 16.1. The number of carbonyl (C=O) groups is 1. The number of nitrogens with zero attached hydrogens (tertiary/aromatic N) is 4. The lowest BCUT2D eigenvalue weighted by Gasteiger charge is -2.07. The topological polar surface area (TPSA) is 94.9 Å². The number of esters is 1. The number of carbonyl (C=O) groups excluding carboxylic acids is 1. The third kappa shape index (κ3) is 3.42. The van der Waals surface area contributed by atoms with E-state index in [-0.39, 0.29) is 0 Å². The van der Waals surface area contributed by atoms with Crippen LogP contribution in [-0.2, 0) is 18.2 Å². The van der Waals surface area contributed by atoms with Gasteiger partial charge in [-0.05, 0) is 29.8 Å². The van der Waals surface area contributed by atoms with Gasteiger partial charge in [0, 0.05) is 24.4 Å². The number of nitrogens with one attached hydrogen (secondary N) is 1. The Morgan fingerprint density at radius 2 is 2.07 bits per heavy atom. The van der Waals surface area contributed by atoms with Gasteiger partial charge in [-0.2, -0.15) is 10.2 Å². The molecule has 0 bridgehead atoms. The van der Waals surface area contributed by atoms with Gasteiger partial charge in [0.15, 0.2) is 5.82 Å². The molecule has 4 aromatic rings. The monoisotopic (exact) mass is 411 g/mol. The number of halogens is 1. The van der Waals surface area contributed by atoms with Gasteiger partial charge in [0.2, 0.25) is 0 Å². The van der Waals surface area contributed by atoms with Crippen LogP contribution in [0.1, 0.15) is 21.7 Å². The minimum absolute atomic E-state index is 0.343. The van der Waals surface area contributed by atoms with E-state index in [2.05, 4.69) is 20.3 Å². The third-order valence-electron chi connectivity index (χ3n) is 4.71. The van der Waals surface area contributed by atoms with Crippen molar-refractivity contribution in [1.82, 2.24) is 25.0 Å². The molecule has 0 radical (unpaired) electrons. The van der Waals surface area contributed by atoms with E-state index < -0.39 is 5.97 Å². The molecule has 2 aromatic heterocycles. The Bertz CT molecular complexity index is 1210. The van der Waals surface area contributed by atoms with Gasteiger partial charge >= 0.3 is 5.97 Å². The normalized spacial score (nSPS) is 11.0. The van der Waals surface area contributed by atoms with E-state index in [1.807, 2.05) is 19.2 Å². The molecule has 2 aromatic carbocycles. The molecular weight excluding hydrogens is 394 g/mol. The standard InChI is InChI=1S/C20H18ClN5O3/c1-26-17(9-11-5-7-15-14(18(11)21)10-22-24-15)23-19(25-26)12-4-6-13(20(27)29-3)16(8-12)28-2/h4-8,10H,9H2,1-3H3,(H,22,24). The van der Waals surface area contributed by atoms with Crippen LogP contribution in [0.15, 0.2) is 36.5 Å². The highest BCUT2D eigenvalue weighted by Crippen LogP contribution is 2.29. The quantitative estimate of drug-likeness (QED) is 0.506. The molecule has 9 heteroatoms. The maximum Gasteiger partial charge on any atom is 0.341 e. The average molecular weight is 412 g/mol. The lowest BCUT2D eigenvalue weighted by molar-refractivity contribution is 0.0597. The summed E-state index contributed by atoms with van der Waals surface area (Å²) in [5.41, 5.74) is 2.89. The van der Waals surface area contributed by atoms with Crippen molar-refractivity contribution < 1.29 is 14.3 Å². The molecule has 8 nitrogen and oxygen atoms in total. The predicted molar refractivity (Wildman–Crippen MR) is 108 cm³/mol. The Morgan fingerprint density at radius 3 is 2.83 bits per heavy atom. The molecule has 2 heterocycles. The molecule has 0 aliphatic heterocycles. The summed E-state index contributed by atoms with van der Waals surface area (Å²) < 4.78 is 11.8. The number of ether oxygens (including phenoxy) is 2. The van der Waals surface area contributed by atoms with Gasteiger partial charge in [-0.25, -0.2) is 9.78 Å². The van der Waals surface area contributed by atoms with Crippen molar-refractivity contribution in [3.63, 3.8) is 0 Å². The maximum atomic E-state index is 11.9. The lowest BCUT2D eigenvalue weighted by Crippen LogP contribution is -2.04. The van der Waals surface area contributed by atoms with Crippen LogP contribution >= 0.6 is 11.6 Å². The van der Waals surface area contributed by atoms with E-state index in [1.165, 1.54) is 14.2 Å². The van der Waals surface area contributed by atoms with Crippen LogP contribution in [0.4, 0.5) is 0 Å². The number of benzene rings is 2. The first kappa shape index (κ1) is 18.9. The number of hydrogen-bond donors (Lipinski definition) is 1. The van der Waals surface area contributed by atoms with Crippen LogP contribution in [0.2, 0.25) is 5.02 Å². The summed E-state index contributed by atoms with van der Waals surface area (Å²) in [7, 11) is 4.65. The highest BCUT2D eigenvalue weighted by Gasteiger charge is 2.17. The van der Waals surface area contributed by atoms with Crippen molar-refractivity contribution in [1.29, 1.82) is 0 Å². The van der Waals surface area contributed by atoms with Gasteiger partial charge in [0.1, 0.15) is 17.1 Å². The number of aromatic nitrogens is 5. The second-order valence-electron chi connectivity index (χ2n) is 6.43. The molecule has 148 valence electrons. The zero-order chi connectivity index (χ0) is 20.5. The first-order valence-electron chi connectivity index (χ1n) is 8.79. The summed E-state index contributed by atoms with van der Waals surface area (Å²) >= 11 is 6.53. The van der Waals surface area contributed by atoms with Gasteiger partial charge in [-0.3, -0.25) is 9.78 Å². The van der Waals surface area contributed by atoms with Crippen molar-refractivity contribution in [2.45, 2.75) is 6.42 Å². The predicted octanol–water partition coefficient (Wildman–Crippen LogP) is 3.40. The van der Waals surface area contributed by atoms with E-state index >= 15 is 0 Å². The first-order chi connectivity index (χ1) is 14.0. The minimum atomic E-state index is -0.465. The van der Waals surface area contributed by atoms with Crippen LogP contribution in [0, 0.1) is 0 Å². The molecular formula is C20H18ClN5O3. The molecule has 0 fully saturated rings. The van der Waals surface area contributed by atoms with Gasteiger partial charge in [-0.1, -0.05) is 17.7 Å². The molecule has 0 aliphatic rings. The molecule has 29 heavy (non-hydrogen) atoms. The number of aromatic amines is 1. The fraction of sp³-hybridized carbons (Fsp3) is 0.200. The Hall–Kier alpha value is -3.39. The van der Waals surface area contributed by atoms with Gasteiger partial charge in [0.05, 0.1) is 31.0 Å². The van der Waals surface area contributed by atoms with Crippen molar-refractivity contribution in [3.8, 4) is 17.1 Å². The van der Waals surface area contributed by atoms with Crippen LogP contribution in [0.25, 0.3) is 22.3 Å². The Balaban J connectivity index is 1.67. The van der Waals surface area contributed by atoms with E-state index in [4.69, 9.17) is 21.1 Å². The number of fused-ring (bicyclic) bond motifs is 1. The number of methoxy groups -OCH3 is 2. The summed E-state index contributed by atoms with van der Waals surface area (Å²) in [5, 5.41) is 12.9. The van der Waals surface area contributed by atoms with Crippen molar-refractivity contribution in [2.24, 2.45) is 7.05 Å². The molecule has 4 rings (SSSR count). The zero-order valence-corrected chi connectivity index (χ0v) is 16.8. The number of rotatable bonds is 5. The fourth-order valence-electron chi connectivity index (χ4n) is 3.14. The Kier molecular flexibility index (Phi) is 4.94.